The number of hydrogen-bond donors (Lipinski definition) is 3. The quantitative estimate of drug-likeness (QED) is 0.267. The number of amides is 3. The van der Waals surface area contributed by atoms with Crippen LogP contribution in [0.2, 0.25) is 0 Å². The van der Waals surface area contributed by atoms with Crippen molar-refractivity contribution < 1.29 is 28.6 Å². The van der Waals surface area contributed by atoms with E-state index in [-0.39, 0.29) is 12.6 Å². The Morgan fingerprint density at radius 2 is 2.20 bits per heavy atom. The third-order valence-electron chi connectivity index (χ3n) is 1.95. The minimum absolute atomic E-state index is 0.0588. The van der Waals surface area contributed by atoms with Crippen molar-refractivity contribution in [2.24, 2.45) is 0 Å². The van der Waals surface area contributed by atoms with Crippen LogP contribution in [0.4, 0.5) is 4.79 Å². The van der Waals surface area contributed by atoms with Gasteiger partial charge < -0.3 is 9.84 Å². The predicted octanol–water partition coefficient (Wildman–Crippen LogP) is -0.0864. The van der Waals surface area contributed by atoms with Crippen molar-refractivity contribution in [3.05, 3.63) is 0 Å². The first kappa shape index (κ1) is 12.1. The lowest BCUT2D eigenvalue weighted by molar-refractivity contribution is -0.147. The first-order valence-corrected chi connectivity index (χ1v) is 5.83. The maximum atomic E-state index is 11.4. The van der Waals surface area contributed by atoms with Crippen LogP contribution in [0.1, 0.15) is 6.42 Å². The van der Waals surface area contributed by atoms with Gasteiger partial charge in [-0.2, -0.15) is 4.67 Å². The van der Waals surface area contributed by atoms with Crippen molar-refractivity contribution in [1.29, 1.82) is 0 Å². The number of carbonyl (C=O) groups is 2. The van der Waals surface area contributed by atoms with Crippen LogP contribution in [0.5, 0.6) is 0 Å². The highest BCUT2D eigenvalue weighted by Gasteiger charge is 2.33. The molecule has 0 saturated carbocycles. The normalized spacial score (nSPS) is 24.5. The third kappa shape index (κ3) is 3.00. The molecule has 0 aliphatic carbocycles. The fourth-order valence-electron chi connectivity index (χ4n) is 1.11. The number of nitrogens with one attached hydrogen (secondary N) is 2. The zero-order chi connectivity index (χ0) is 11.5. The van der Waals surface area contributed by atoms with Crippen molar-refractivity contribution in [3.63, 3.8) is 0 Å². The van der Waals surface area contributed by atoms with Crippen molar-refractivity contribution in [1.82, 2.24) is 10.6 Å². The van der Waals surface area contributed by atoms with Crippen LogP contribution in [0.25, 0.3) is 0 Å². The maximum Gasteiger partial charge on any atom is 0.357 e. The molecule has 15 heavy (non-hydrogen) atoms. The van der Waals surface area contributed by atoms with Gasteiger partial charge in [-0.3, -0.25) is 14.7 Å². The molecule has 0 bridgehead atoms. The van der Waals surface area contributed by atoms with Gasteiger partial charge in [-0.25, -0.2) is 10.1 Å². The second-order valence-corrected chi connectivity index (χ2v) is 5.10. The van der Waals surface area contributed by atoms with Crippen molar-refractivity contribution in [2.75, 3.05) is 13.3 Å². The summed E-state index contributed by atoms with van der Waals surface area (Å²) in [6.45, 7) is 0. The lowest BCUT2D eigenvalue weighted by atomic mass is 10.2. The Balaban J connectivity index is 2.47. The number of hydrogen-bond acceptors (Lipinski definition) is 6. The van der Waals surface area contributed by atoms with Crippen molar-refractivity contribution in [3.8, 4) is 0 Å². The van der Waals surface area contributed by atoms with E-state index in [1.165, 1.54) is 0 Å². The van der Waals surface area contributed by atoms with Crippen LogP contribution in [0.3, 0.4) is 0 Å². The molecule has 1 fully saturated rings. The summed E-state index contributed by atoms with van der Waals surface area (Å²) in [4.78, 5) is 21.8. The smallest absolute Gasteiger partial charge is 0.326 e. The SMILES string of the molecule is COP(=O)(CCC1NC(=O)NC1=O)OO. The van der Waals surface area contributed by atoms with Gasteiger partial charge in [0.25, 0.3) is 5.91 Å². The molecule has 0 radical (unpaired) electrons. The number of urea groups is 1. The highest BCUT2D eigenvalue weighted by Crippen LogP contribution is 2.46. The zero-order valence-corrected chi connectivity index (χ0v) is 8.82. The minimum atomic E-state index is -3.56. The fourth-order valence-corrected chi connectivity index (χ4v) is 2.02. The van der Waals surface area contributed by atoms with Gasteiger partial charge in [-0.05, 0) is 6.42 Å². The standard InChI is InChI=1S/C6H11N2O6P/c1-13-15(12,14-11)3-2-4-5(9)8-6(10)7-4/h4,11H,2-3H2,1H3,(H2,7,8,9,10). The second-order valence-electron chi connectivity index (χ2n) is 2.90. The van der Waals surface area contributed by atoms with Crippen molar-refractivity contribution >= 4 is 19.5 Å². The Morgan fingerprint density at radius 3 is 2.60 bits per heavy atom. The van der Waals surface area contributed by atoms with E-state index in [1.54, 1.807) is 0 Å². The van der Waals surface area contributed by atoms with Crippen LogP contribution < -0.4 is 10.6 Å². The Hall–Kier alpha value is -0.950. The molecule has 1 saturated heterocycles. The summed E-state index contributed by atoms with van der Waals surface area (Å²) in [5.41, 5.74) is 0. The fraction of sp³-hybridized carbons (Fsp3) is 0.667. The molecule has 86 valence electrons. The first-order chi connectivity index (χ1) is 7.00. The zero-order valence-electron chi connectivity index (χ0n) is 7.93. The van der Waals surface area contributed by atoms with Gasteiger partial charge in [0, 0.05) is 7.11 Å². The van der Waals surface area contributed by atoms with Crippen molar-refractivity contribution in [2.45, 2.75) is 12.5 Å². The lowest BCUT2D eigenvalue weighted by Gasteiger charge is -2.12. The third-order valence-corrected chi connectivity index (χ3v) is 3.56. The molecule has 2 unspecified atom stereocenters. The summed E-state index contributed by atoms with van der Waals surface area (Å²) < 4.78 is 19.5. The van der Waals surface area contributed by atoms with Gasteiger partial charge in [-0.1, -0.05) is 0 Å². The Bertz CT molecular complexity index is 311. The topological polar surface area (TPSA) is 114 Å². The van der Waals surface area contributed by atoms with Crippen LogP contribution in [0, 0.1) is 0 Å². The monoisotopic (exact) mass is 238 g/mol. The largest absolute Gasteiger partial charge is 0.357 e. The molecular weight excluding hydrogens is 227 g/mol. The van der Waals surface area contributed by atoms with Gasteiger partial charge in [0.15, 0.2) is 0 Å². The van der Waals surface area contributed by atoms with E-state index in [2.05, 4.69) is 14.5 Å². The molecule has 2 atom stereocenters. The minimum Gasteiger partial charge on any atom is -0.326 e. The first-order valence-electron chi connectivity index (χ1n) is 4.10. The molecule has 1 aliphatic heterocycles. The van der Waals surface area contributed by atoms with E-state index in [9.17, 15) is 14.2 Å². The summed E-state index contributed by atoms with van der Waals surface area (Å²) >= 11 is 0. The summed E-state index contributed by atoms with van der Waals surface area (Å²) in [5.74, 6) is -0.499. The molecule has 8 nitrogen and oxygen atoms in total. The molecule has 0 spiro atoms. The molecule has 0 aromatic heterocycles. The maximum absolute atomic E-state index is 11.4. The van der Waals surface area contributed by atoms with Gasteiger partial charge in [-0.15, -0.1) is 0 Å². The Morgan fingerprint density at radius 1 is 1.53 bits per heavy atom. The van der Waals surface area contributed by atoms with Crippen LogP contribution in [-0.4, -0.2) is 36.5 Å². The van der Waals surface area contributed by atoms with Crippen LogP contribution in [0.15, 0.2) is 0 Å². The summed E-state index contributed by atoms with van der Waals surface area (Å²) in [5, 5.41) is 12.6. The highest BCUT2D eigenvalue weighted by atomic mass is 31.2. The molecular formula is C6H11N2O6P. The number of rotatable bonds is 5. The van der Waals surface area contributed by atoms with Gasteiger partial charge in [0.1, 0.15) is 6.04 Å². The van der Waals surface area contributed by atoms with Gasteiger partial charge in [0.05, 0.1) is 6.16 Å². The highest BCUT2D eigenvalue weighted by molar-refractivity contribution is 7.53. The molecule has 9 heteroatoms. The van der Waals surface area contributed by atoms with E-state index < -0.39 is 25.6 Å². The van der Waals surface area contributed by atoms with E-state index in [0.29, 0.717) is 0 Å². The van der Waals surface area contributed by atoms with Crippen LogP contribution >= 0.6 is 7.60 Å². The summed E-state index contributed by atoms with van der Waals surface area (Å²) in [7, 11) is -2.44. The lowest BCUT2D eigenvalue weighted by Crippen LogP contribution is -2.29. The molecule has 1 heterocycles. The van der Waals surface area contributed by atoms with E-state index in [1.807, 2.05) is 5.32 Å². The number of imide groups is 1. The van der Waals surface area contributed by atoms with Crippen LogP contribution in [-0.2, 0) is 18.6 Å². The average Bonchev–Trinajstić information content (AvgIpc) is 2.54. The molecule has 0 aromatic carbocycles. The Labute approximate surface area is 85.4 Å². The predicted molar refractivity (Wildman–Crippen MR) is 48.3 cm³/mol. The number of carbonyl (C=O) groups excluding carboxylic acids is 2. The van der Waals surface area contributed by atoms with Gasteiger partial charge in [0.2, 0.25) is 0 Å². The molecule has 1 rings (SSSR count). The van der Waals surface area contributed by atoms with E-state index in [0.717, 1.165) is 7.11 Å². The second kappa shape index (κ2) is 4.71. The summed E-state index contributed by atoms with van der Waals surface area (Å²) in [6, 6.07) is -1.36. The average molecular weight is 238 g/mol. The summed E-state index contributed by atoms with van der Waals surface area (Å²) in [6.07, 6.45) is -0.110. The van der Waals surface area contributed by atoms with E-state index >= 15 is 0 Å². The molecule has 3 N–H and O–H groups in total. The Kier molecular flexibility index (Phi) is 3.81. The molecule has 0 aromatic rings. The van der Waals surface area contributed by atoms with Gasteiger partial charge >= 0.3 is 13.6 Å². The van der Waals surface area contributed by atoms with E-state index in [4.69, 9.17) is 5.26 Å². The molecule has 3 amide bonds. The molecule has 1 aliphatic rings.